The lowest BCUT2D eigenvalue weighted by Crippen LogP contribution is -2.10. The summed E-state index contributed by atoms with van der Waals surface area (Å²) in [6.07, 6.45) is 13.5. The zero-order valence-corrected chi connectivity index (χ0v) is 27.2. The standard InChI is InChI=1S/C35H30BrIN4/c1-21-5-7-24(8-6-21)34(30-16-14-27(40-30)18-32-35(3,4)20-22(2)38-32)29-15-13-26(39-29)17-31-28(19-33(36)41-31)23-9-11-25(37)12-10-23/h5-19,41H,20H2,1-4H3/b26-17-,32-18-,34-30-. The number of aromatic nitrogens is 1. The highest BCUT2D eigenvalue weighted by Crippen LogP contribution is 2.38. The number of hydrogen-bond donors (Lipinski definition) is 1. The molecule has 6 heteroatoms. The van der Waals surface area contributed by atoms with E-state index in [9.17, 15) is 0 Å². The maximum atomic E-state index is 5.08. The van der Waals surface area contributed by atoms with Gasteiger partial charge in [0.05, 0.1) is 27.4 Å². The van der Waals surface area contributed by atoms with Crippen LogP contribution in [0.1, 0.15) is 44.0 Å². The molecule has 1 aromatic heterocycles. The summed E-state index contributed by atoms with van der Waals surface area (Å²) < 4.78 is 2.15. The van der Waals surface area contributed by atoms with E-state index in [1.165, 1.54) is 14.8 Å². The molecular formula is C35H30BrIN4. The van der Waals surface area contributed by atoms with Crippen molar-refractivity contribution in [1.29, 1.82) is 0 Å². The lowest BCUT2D eigenvalue weighted by Gasteiger charge is -2.17. The summed E-state index contributed by atoms with van der Waals surface area (Å²) in [6, 6.07) is 19.2. The molecule has 204 valence electrons. The molecular weight excluding hydrogens is 683 g/mol. The number of aryl methyl sites for hydroxylation is 1. The predicted octanol–water partition coefficient (Wildman–Crippen LogP) is 9.91. The van der Waals surface area contributed by atoms with Gasteiger partial charge in [-0.15, -0.1) is 0 Å². The highest BCUT2D eigenvalue weighted by molar-refractivity contribution is 14.1. The number of rotatable bonds is 5. The first-order valence-electron chi connectivity index (χ1n) is 13.6. The largest absolute Gasteiger partial charge is 0.349 e. The van der Waals surface area contributed by atoms with Crippen LogP contribution in [0.25, 0.3) is 22.8 Å². The molecule has 0 bridgehead atoms. The van der Waals surface area contributed by atoms with Crippen molar-refractivity contribution in [1.82, 2.24) is 4.98 Å². The van der Waals surface area contributed by atoms with Crippen LogP contribution in [0.2, 0.25) is 0 Å². The predicted molar refractivity (Wildman–Crippen MR) is 185 cm³/mol. The second-order valence-corrected chi connectivity index (χ2v) is 13.4. The fourth-order valence-electron chi connectivity index (χ4n) is 5.40. The second kappa shape index (κ2) is 11.1. The molecule has 0 fully saturated rings. The second-order valence-electron chi connectivity index (χ2n) is 11.3. The molecule has 0 saturated heterocycles. The van der Waals surface area contributed by atoms with Crippen molar-refractivity contribution < 1.29 is 0 Å². The summed E-state index contributed by atoms with van der Waals surface area (Å²) in [5.41, 5.74) is 12.5. The Bertz CT molecular complexity index is 1790. The van der Waals surface area contributed by atoms with E-state index < -0.39 is 0 Å². The molecule has 2 aromatic carbocycles. The number of nitrogens with one attached hydrogen (secondary N) is 1. The minimum Gasteiger partial charge on any atom is -0.349 e. The number of nitrogens with zero attached hydrogens (tertiary/aromatic N) is 3. The molecule has 3 aromatic rings. The zero-order valence-electron chi connectivity index (χ0n) is 23.5. The molecule has 1 N–H and O–H groups in total. The van der Waals surface area contributed by atoms with Crippen molar-refractivity contribution in [3.05, 3.63) is 127 Å². The summed E-state index contributed by atoms with van der Waals surface area (Å²) in [7, 11) is 0. The van der Waals surface area contributed by atoms with Crippen LogP contribution >= 0.6 is 38.5 Å². The molecule has 0 radical (unpaired) electrons. The fourth-order valence-corrected chi connectivity index (χ4v) is 6.21. The lowest BCUT2D eigenvalue weighted by molar-refractivity contribution is 0.485. The van der Waals surface area contributed by atoms with Gasteiger partial charge < -0.3 is 4.98 Å². The molecule has 0 unspecified atom stereocenters. The summed E-state index contributed by atoms with van der Waals surface area (Å²) >= 11 is 5.96. The van der Waals surface area contributed by atoms with Crippen molar-refractivity contribution in [3.63, 3.8) is 0 Å². The molecule has 3 aliphatic heterocycles. The molecule has 0 atom stereocenters. The van der Waals surface area contributed by atoms with Crippen LogP contribution in [0, 0.1) is 15.9 Å². The van der Waals surface area contributed by atoms with Crippen molar-refractivity contribution in [2.75, 3.05) is 0 Å². The molecule has 0 saturated carbocycles. The highest BCUT2D eigenvalue weighted by Gasteiger charge is 2.30. The Kier molecular flexibility index (Phi) is 7.55. The maximum Gasteiger partial charge on any atom is 0.0831 e. The zero-order chi connectivity index (χ0) is 28.7. The first kappa shape index (κ1) is 27.8. The van der Waals surface area contributed by atoms with Crippen LogP contribution in [0.3, 0.4) is 0 Å². The van der Waals surface area contributed by atoms with E-state index in [0.29, 0.717) is 0 Å². The summed E-state index contributed by atoms with van der Waals surface area (Å²) in [5.74, 6) is 0. The molecule has 0 spiro atoms. The SMILES string of the molecule is CC1=N/C(=C\C2=NC(=C(C3=N/C(=C\c4[nH]c(Br)cc4-c4ccc(I)cc4)C=C3)/c3ccc(C)cc3)/C=C2)C(C)(C)C1. The van der Waals surface area contributed by atoms with Gasteiger partial charge in [0.15, 0.2) is 0 Å². The van der Waals surface area contributed by atoms with Crippen LogP contribution in [-0.2, 0) is 0 Å². The van der Waals surface area contributed by atoms with Crippen LogP contribution in [0.5, 0.6) is 0 Å². The average molecular weight is 713 g/mol. The van der Waals surface area contributed by atoms with Crippen LogP contribution < -0.4 is 0 Å². The van der Waals surface area contributed by atoms with Gasteiger partial charge in [-0.25, -0.2) is 9.98 Å². The van der Waals surface area contributed by atoms with Gasteiger partial charge in [0.1, 0.15) is 0 Å². The number of halogens is 2. The number of hydrogen-bond acceptors (Lipinski definition) is 3. The lowest BCUT2D eigenvalue weighted by atomic mass is 9.86. The number of benzene rings is 2. The molecule has 6 rings (SSSR count). The fraction of sp³-hybridized carbons (Fsp3) is 0.171. The number of allylic oxidation sites excluding steroid dienone is 7. The molecule has 3 aliphatic rings. The minimum atomic E-state index is 0.0224. The van der Waals surface area contributed by atoms with Crippen LogP contribution in [-0.4, -0.2) is 22.1 Å². The third-order valence-corrected chi connectivity index (χ3v) is 8.57. The van der Waals surface area contributed by atoms with E-state index in [-0.39, 0.29) is 5.41 Å². The Morgan fingerprint density at radius 2 is 1.66 bits per heavy atom. The average Bonchev–Trinajstić information content (AvgIpc) is 3.70. The van der Waals surface area contributed by atoms with Crippen molar-refractivity contribution in [2.24, 2.45) is 20.4 Å². The van der Waals surface area contributed by atoms with Gasteiger partial charge in [0.25, 0.3) is 0 Å². The number of aliphatic imine (C=N–C) groups is 3. The number of H-pyrrole nitrogens is 1. The molecule has 4 nitrogen and oxygen atoms in total. The molecule has 4 heterocycles. The normalized spacial score (nSPS) is 20.7. The molecule has 0 amide bonds. The van der Waals surface area contributed by atoms with Crippen molar-refractivity contribution in [2.45, 2.75) is 34.1 Å². The van der Waals surface area contributed by atoms with Gasteiger partial charge in [-0.2, -0.15) is 0 Å². The molecule has 41 heavy (non-hydrogen) atoms. The van der Waals surface area contributed by atoms with Gasteiger partial charge in [0.2, 0.25) is 0 Å². The number of aromatic amines is 1. The Labute approximate surface area is 263 Å². The van der Waals surface area contributed by atoms with Gasteiger partial charge in [-0.1, -0.05) is 55.8 Å². The Hall–Kier alpha value is -3.36. The van der Waals surface area contributed by atoms with Crippen molar-refractivity contribution in [3.8, 4) is 11.1 Å². The summed E-state index contributed by atoms with van der Waals surface area (Å²) in [4.78, 5) is 18.4. The quantitative estimate of drug-likeness (QED) is 0.256. The molecule has 0 aliphatic carbocycles. The van der Waals surface area contributed by atoms with Crippen LogP contribution in [0.4, 0.5) is 0 Å². The third kappa shape index (κ3) is 5.99. The Morgan fingerprint density at radius 1 is 0.902 bits per heavy atom. The van der Waals surface area contributed by atoms with E-state index >= 15 is 0 Å². The Balaban J connectivity index is 1.40. The monoisotopic (exact) mass is 712 g/mol. The minimum absolute atomic E-state index is 0.0224. The Morgan fingerprint density at radius 3 is 2.37 bits per heavy atom. The first-order chi connectivity index (χ1) is 19.6. The van der Waals surface area contributed by atoms with Crippen molar-refractivity contribution >= 4 is 67.3 Å². The van der Waals surface area contributed by atoms with Gasteiger partial charge in [-0.3, -0.25) is 4.99 Å². The van der Waals surface area contributed by atoms with E-state index in [0.717, 1.165) is 67.5 Å². The van der Waals surface area contributed by atoms with E-state index in [2.05, 4.69) is 162 Å². The smallest absolute Gasteiger partial charge is 0.0831 e. The maximum absolute atomic E-state index is 5.08. The van der Waals surface area contributed by atoms with Gasteiger partial charge in [0, 0.05) is 37.2 Å². The summed E-state index contributed by atoms with van der Waals surface area (Å²) in [5, 5.41) is 0. The van der Waals surface area contributed by atoms with Gasteiger partial charge >= 0.3 is 0 Å². The third-order valence-electron chi connectivity index (χ3n) is 7.43. The van der Waals surface area contributed by atoms with E-state index in [1.807, 2.05) is 0 Å². The first-order valence-corrected chi connectivity index (χ1v) is 15.5. The van der Waals surface area contributed by atoms with E-state index in [1.54, 1.807) is 0 Å². The van der Waals surface area contributed by atoms with E-state index in [4.69, 9.17) is 15.0 Å². The summed E-state index contributed by atoms with van der Waals surface area (Å²) in [6.45, 7) is 8.69. The van der Waals surface area contributed by atoms with Crippen LogP contribution in [0.15, 0.2) is 122 Å². The van der Waals surface area contributed by atoms with Gasteiger partial charge in [-0.05, 0) is 125 Å². The highest BCUT2D eigenvalue weighted by atomic mass is 127. The topological polar surface area (TPSA) is 52.9 Å².